The van der Waals surface area contributed by atoms with Crippen LogP contribution in [0.15, 0.2) is 0 Å². The third-order valence-electron chi connectivity index (χ3n) is 2.86. The van der Waals surface area contributed by atoms with E-state index in [2.05, 4.69) is 16.6 Å². The summed E-state index contributed by atoms with van der Waals surface area (Å²) in [5.41, 5.74) is 0. The van der Waals surface area contributed by atoms with Gasteiger partial charge in [-0.25, -0.2) is 0 Å². The van der Waals surface area contributed by atoms with Gasteiger partial charge in [-0.3, -0.25) is 4.79 Å². The van der Waals surface area contributed by atoms with Crippen LogP contribution < -0.4 is 0 Å². The van der Waals surface area contributed by atoms with Gasteiger partial charge in [0.2, 0.25) is 0 Å². The first-order valence-corrected chi connectivity index (χ1v) is 5.55. The van der Waals surface area contributed by atoms with Gasteiger partial charge in [-0.2, -0.15) is 0 Å². The smallest absolute Gasteiger partial charge is 0.306 e. The number of methoxy groups -OCH3 is 1. The average molecular weight is 199 g/mol. The second kappa shape index (κ2) is 6.02. The molecule has 0 aromatic carbocycles. The largest absolute Gasteiger partial charge is 0.469 e. The molecule has 1 rings (SSSR count). The van der Waals surface area contributed by atoms with Crippen LogP contribution >= 0.6 is 0 Å². The number of carbonyl (C=O) groups is 1. The lowest BCUT2D eigenvalue weighted by atomic mass is 10.2. The Morgan fingerprint density at radius 2 is 2.14 bits per heavy atom. The maximum absolute atomic E-state index is 10.9. The van der Waals surface area contributed by atoms with Crippen molar-refractivity contribution in [3.63, 3.8) is 0 Å². The van der Waals surface area contributed by atoms with E-state index in [0.29, 0.717) is 6.42 Å². The van der Waals surface area contributed by atoms with Crippen molar-refractivity contribution in [2.45, 2.75) is 32.6 Å². The van der Waals surface area contributed by atoms with Crippen molar-refractivity contribution in [1.82, 2.24) is 4.90 Å². The van der Waals surface area contributed by atoms with Crippen LogP contribution in [0.4, 0.5) is 0 Å². The molecule has 1 saturated carbocycles. The van der Waals surface area contributed by atoms with E-state index in [1.807, 2.05) is 0 Å². The molecule has 0 N–H and O–H groups in total. The molecule has 0 bridgehead atoms. The van der Waals surface area contributed by atoms with Gasteiger partial charge < -0.3 is 9.64 Å². The van der Waals surface area contributed by atoms with E-state index in [1.165, 1.54) is 26.4 Å². The number of hydrogen-bond acceptors (Lipinski definition) is 3. The molecule has 0 amide bonds. The van der Waals surface area contributed by atoms with E-state index in [9.17, 15) is 4.79 Å². The molecule has 3 nitrogen and oxygen atoms in total. The minimum absolute atomic E-state index is 0.102. The Hall–Kier alpha value is -0.570. The zero-order valence-corrected chi connectivity index (χ0v) is 9.29. The van der Waals surface area contributed by atoms with Crippen molar-refractivity contribution in [3.05, 3.63) is 0 Å². The van der Waals surface area contributed by atoms with Gasteiger partial charge in [-0.15, -0.1) is 0 Å². The SMILES string of the molecule is CCN(CCC(=O)OC)CCC1CC1. The molecule has 0 saturated heterocycles. The predicted molar refractivity (Wildman–Crippen MR) is 56.1 cm³/mol. The van der Waals surface area contributed by atoms with Gasteiger partial charge in [0.25, 0.3) is 0 Å². The summed E-state index contributed by atoms with van der Waals surface area (Å²) in [5, 5.41) is 0. The van der Waals surface area contributed by atoms with Crippen molar-refractivity contribution in [2.75, 3.05) is 26.7 Å². The third kappa shape index (κ3) is 4.61. The molecule has 1 aliphatic rings. The minimum Gasteiger partial charge on any atom is -0.469 e. The van der Waals surface area contributed by atoms with E-state index >= 15 is 0 Å². The lowest BCUT2D eigenvalue weighted by Gasteiger charge is -2.19. The van der Waals surface area contributed by atoms with Gasteiger partial charge >= 0.3 is 5.97 Å². The number of esters is 1. The molecule has 0 heterocycles. The molecular weight excluding hydrogens is 178 g/mol. The van der Waals surface area contributed by atoms with Crippen molar-refractivity contribution in [1.29, 1.82) is 0 Å². The molecule has 0 aromatic rings. The van der Waals surface area contributed by atoms with Gasteiger partial charge in [0.15, 0.2) is 0 Å². The van der Waals surface area contributed by atoms with Crippen LogP contribution in [0.25, 0.3) is 0 Å². The predicted octanol–water partition coefficient (Wildman–Crippen LogP) is 1.67. The van der Waals surface area contributed by atoms with Crippen LogP contribution in [0.2, 0.25) is 0 Å². The fraction of sp³-hybridized carbons (Fsp3) is 0.909. The standard InChI is InChI=1S/C11H21NO2/c1-3-12(8-6-10-4-5-10)9-7-11(13)14-2/h10H,3-9H2,1-2H3. The Morgan fingerprint density at radius 1 is 1.43 bits per heavy atom. The Balaban J connectivity index is 2.06. The zero-order valence-electron chi connectivity index (χ0n) is 9.29. The van der Waals surface area contributed by atoms with Crippen LogP contribution in [0.5, 0.6) is 0 Å². The fourth-order valence-corrected chi connectivity index (χ4v) is 1.55. The highest BCUT2D eigenvalue weighted by Gasteiger charge is 2.21. The Bertz CT molecular complexity index is 178. The summed E-state index contributed by atoms with van der Waals surface area (Å²) in [6.07, 6.45) is 4.65. The maximum Gasteiger partial charge on any atom is 0.306 e. The Kier molecular flexibility index (Phi) is 4.94. The zero-order chi connectivity index (χ0) is 10.4. The minimum atomic E-state index is -0.102. The molecule has 0 aliphatic heterocycles. The van der Waals surface area contributed by atoms with Gasteiger partial charge in [-0.1, -0.05) is 19.8 Å². The van der Waals surface area contributed by atoms with Crippen LogP contribution in [-0.4, -0.2) is 37.6 Å². The molecule has 0 spiro atoms. The first-order chi connectivity index (χ1) is 6.76. The van der Waals surface area contributed by atoms with Crippen molar-refractivity contribution < 1.29 is 9.53 Å². The van der Waals surface area contributed by atoms with Gasteiger partial charge in [-0.05, 0) is 25.4 Å². The Labute approximate surface area is 86.4 Å². The lowest BCUT2D eigenvalue weighted by Crippen LogP contribution is -2.27. The molecule has 0 atom stereocenters. The van der Waals surface area contributed by atoms with Crippen LogP contribution in [-0.2, 0) is 9.53 Å². The molecule has 0 aromatic heterocycles. The summed E-state index contributed by atoms with van der Waals surface area (Å²) in [4.78, 5) is 13.3. The monoisotopic (exact) mass is 199 g/mol. The number of carbonyl (C=O) groups excluding carboxylic acids is 1. The maximum atomic E-state index is 10.9. The summed E-state index contributed by atoms with van der Waals surface area (Å²) in [6, 6.07) is 0. The molecule has 14 heavy (non-hydrogen) atoms. The third-order valence-corrected chi connectivity index (χ3v) is 2.86. The van der Waals surface area contributed by atoms with E-state index in [-0.39, 0.29) is 5.97 Å². The first-order valence-electron chi connectivity index (χ1n) is 5.55. The summed E-state index contributed by atoms with van der Waals surface area (Å²) in [7, 11) is 1.45. The molecule has 3 heteroatoms. The summed E-state index contributed by atoms with van der Waals surface area (Å²) < 4.78 is 4.62. The summed E-state index contributed by atoms with van der Waals surface area (Å²) in [6.45, 7) is 5.15. The highest BCUT2D eigenvalue weighted by molar-refractivity contribution is 5.69. The highest BCUT2D eigenvalue weighted by atomic mass is 16.5. The average Bonchev–Trinajstić information content (AvgIpc) is 3.01. The molecule has 0 unspecified atom stereocenters. The van der Waals surface area contributed by atoms with Crippen LogP contribution in [0.1, 0.15) is 32.6 Å². The van der Waals surface area contributed by atoms with Crippen molar-refractivity contribution in [3.8, 4) is 0 Å². The van der Waals surface area contributed by atoms with Crippen molar-refractivity contribution in [2.24, 2.45) is 5.92 Å². The van der Waals surface area contributed by atoms with Gasteiger partial charge in [0.1, 0.15) is 0 Å². The van der Waals surface area contributed by atoms with E-state index in [0.717, 1.165) is 25.6 Å². The highest BCUT2D eigenvalue weighted by Crippen LogP contribution is 2.32. The lowest BCUT2D eigenvalue weighted by molar-refractivity contribution is -0.140. The fourth-order valence-electron chi connectivity index (χ4n) is 1.55. The number of rotatable bonds is 7. The molecule has 1 fully saturated rings. The number of hydrogen-bond donors (Lipinski definition) is 0. The van der Waals surface area contributed by atoms with Crippen LogP contribution in [0.3, 0.4) is 0 Å². The summed E-state index contributed by atoms with van der Waals surface area (Å²) >= 11 is 0. The first kappa shape index (κ1) is 11.5. The molecule has 1 aliphatic carbocycles. The van der Waals surface area contributed by atoms with E-state index in [4.69, 9.17) is 0 Å². The Morgan fingerprint density at radius 3 is 2.64 bits per heavy atom. The van der Waals surface area contributed by atoms with Gasteiger partial charge in [0.05, 0.1) is 13.5 Å². The quantitative estimate of drug-likeness (QED) is 0.584. The van der Waals surface area contributed by atoms with Crippen LogP contribution in [0, 0.1) is 5.92 Å². The molecule has 82 valence electrons. The number of ether oxygens (including phenoxy) is 1. The molecular formula is C11H21NO2. The van der Waals surface area contributed by atoms with E-state index in [1.54, 1.807) is 0 Å². The second-order valence-corrected chi connectivity index (χ2v) is 3.99. The molecule has 0 radical (unpaired) electrons. The second-order valence-electron chi connectivity index (χ2n) is 3.99. The number of nitrogens with zero attached hydrogens (tertiary/aromatic N) is 1. The normalized spacial score (nSPS) is 15.9. The topological polar surface area (TPSA) is 29.5 Å². The summed E-state index contributed by atoms with van der Waals surface area (Å²) in [5.74, 6) is 0.872. The van der Waals surface area contributed by atoms with Crippen molar-refractivity contribution >= 4 is 5.97 Å². The van der Waals surface area contributed by atoms with Gasteiger partial charge in [0, 0.05) is 6.54 Å². The van der Waals surface area contributed by atoms with E-state index < -0.39 is 0 Å².